The molecule has 0 bridgehead atoms. The summed E-state index contributed by atoms with van der Waals surface area (Å²) in [6.45, 7) is 4.39. The van der Waals surface area contributed by atoms with E-state index in [2.05, 4.69) is 5.32 Å². The largest absolute Gasteiger partial charge is 0.492 e. The molecule has 0 saturated heterocycles. The van der Waals surface area contributed by atoms with Gasteiger partial charge >= 0.3 is 0 Å². The molecule has 23 heavy (non-hydrogen) atoms. The molecular weight excluding hydrogens is 324 g/mol. The molecule has 0 atom stereocenters. The van der Waals surface area contributed by atoms with Crippen LogP contribution in [0.3, 0.4) is 0 Å². The lowest BCUT2D eigenvalue weighted by atomic mass is 10.1. The predicted molar refractivity (Wildman–Crippen MR) is 85.1 cm³/mol. The third-order valence-electron chi connectivity index (χ3n) is 3.11. The zero-order valence-electron chi connectivity index (χ0n) is 12.8. The first kappa shape index (κ1) is 17.2. The number of halogens is 3. The smallest absolute Gasteiger partial charge is 0.253 e. The maximum atomic E-state index is 13.2. The van der Waals surface area contributed by atoms with Crippen LogP contribution in [0.25, 0.3) is 0 Å². The number of carbonyl (C=O) groups excluding carboxylic acids is 1. The van der Waals surface area contributed by atoms with Crippen LogP contribution in [-0.2, 0) is 0 Å². The van der Waals surface area contributed by atoms with Crippen LogP contribution < -0.4 is 10.1 Å². The van der Waals surface area contributed by atoms with Gasteiger partial charge in [-0.2, -0.15) is 0 Å². The van der Waals surface area contributed by atoms with Gasteiger partial charge in [-0.25, -0.2) is 8.78 Å². The first-order valence-corrected chi connectivity index (χ1v) is 7.38. The third-order valence-corrected chi connectivity index (χ3v) is 3.42. The van der Waals surface area contributed by atoms with Crippen LogP contribution in [-0.4, -0.2) is 19.1 Å². The number of amides is 1. The molecule has 122 valence electrons. The molecule has 0 fully saturated rings. The van der Waals surface area contributed by atoms with Crippen molar-refractivity contribution in [1.82, 2.24) is 5.32 Å². The Labute approximate surface area is 138 Å². The summed E-state index contributed by atoms with van der Waals surface area (Å²) in [6.07, 6.45) is 0. The lowest BCUT2D eigenvalue weighted by Crippen LogP contribution is -2.28. The number of hydrogen-bond donors (Lipinski definition) is 1. The monoisotopic (exact) mass is 339 g/mol. The van der Waals surface area contributed by atoms with Gasteiger partial charge in [0, 0.05) is 0 Å². The van der Waals surface area contributed by atoms with Crippen molar-refractivity contribution in [2.75, 3.05) is 13.2 Å². The van der Waals surface area contributed by atoms with Crippen molar-refractivity contribution in [3.8, 4) is 5.75 Å². The van der Waals surface area contributed by atoms with E-state index in [-0.39, 0.29) is 23.7 Å². The van der Waals surface area contributed by atoms with Crippen LogP contribution in [0.2, 0.25) is 5.02 Å². The highest BCUT2D eigenvalue weighted by Gasteiger charge is 2.14. The second kappa shape index (κ2) is 7.42. The summed E-state index contributed by atoms with van der Waals surface area (Å²) in [4.78, 5) is 11.9. The van der Waals surface area contributed by atoms with Gasteiger partial charge in [-0.05, 0) is 49.2 Å². The molecule has 2 aromatic carbocycles. The fourth-order valence-corrected chi connectivity index (χ4v) is 2.38. The molecule has 0 aromatic heterocycles. The molecule has 1 amide bonds. The minimum Gasteiger partial charge on any atom is -0.492 e. The van der Waals surface area contributed by atoms with Gasteiger partial charge in [-0.3, -0.25) is 4.79 Å². The minimum atomic E-state index is -1.12. The molecule has 2 rings (SSSR count). The lowest BCUT2D eigenvalue weighted by molar-refractivity contribution is 0.0946. The second-order valence-electron chi connectivity index (χ2n) is 5.17. The highest BCUT2D eigenvalue weighted by atomic mass is 35.5. The van der Waals surface area contributed by atoms with Gasteiger partial charge in [-0.1, -0.05) is 17.7 Å². The number of benzene rings is 2. The second-order valence-corrected chi connectivity index (χ2v) is 5.58. The number of aryl methyl sites for hydroxylation is 2. The molecule has 2 aromatic rings. The predicted octanol–water partition coefficient (Wildman–Crippen LogP) is 4.04. The van der Waals surface area contributed by atoms with Crippen LogP contribution >= 0.6 is 11.6 Å². The molecular formula is C17H16ClF2NO2. The summed E-state index contributed by atoms with van der Waals surface area (Å²) in [5.41, 5.74) is 2.05. The van der Waals surface area contributed by atoms with Gasteiger partial charge < -0.3 is 10.1 Å². The molecule has 6 heteroatoms. The summed E-state index contributed by atoms with van der Waals surface area (Å²) in [7, 11) is 0. The Bertz CT molecular complexity index is 715. The maximum Gasteiger partial charge on any atom is 0.253 e. The molecule has 0 aliphatic carbocycles. The van der Waals surface area contributed by atoms with E-state index < -0.39 is 17.5 Å². The van der Waals surface area contributed by atoms with E-state index in [0.717, 1.165) is 23.3 Å². The van der Waals surface area contributed by atoms with Crippen molar-refractivity contribution in [2.24, 2.45) is 0 Å². The Morgan fingerprint density at radius 1 is 1.09 bits per heavy atom. The van der Waals surface area contributed by atoms with Crippen LogP contribution in [0.5, 0.6) is 5.75 Å². The SMILES string of the molecule is Cc1cc(C)cc(OCCNC(=O)c2cc(F)c(F)cc2Cl)c1. The Balaban J connectivity index is 1.89. The summed E-state index contributed by atoms with van der Waals surface area (Å²) in [6, 6.07) is 7.36. The normalized spacial score (nSPS) is 10.5. The molecule has 0 spiro atoms. The van der Waals surface area contributed by atoms with Crippen LogP contribution in [0.1, 0.15) is 21.5 Å². The Morgan fingerprint density at radius 3 is 2.35 bits per heavy atom. The molecule has 0 aliphatic heterocycles. The first-order valence-electron chi connectivity index (χ1n) is 7.00. The molecule has 3 nitrogen and oxygen atoms in total. The quantitative estimate of drug-likeness (QED) is 0.659. The van der Waals surface area contributed by atoms with E-state index >= 15 is 0 Å². The fraction of sp³-hybridized carbons (Fsp3) is 0.235. The lowest BCUT2D eigenvalue weighted by Gasteiger charge is -2.10. The van der Waals surface area contributed by atoms with E-state index in [1.54, 1.807) is 0 Å². The summed E-state index contributed by atoms with van der Waals surface area (Å²) in [5, 5.41) is 2.41. The average Bonchev–Trinajstić information content (AvgIpc) is 2.46. The van der Waals surface area contributed by atoms with E-state index in [0.29, 0.717) is 5.75 Å². The van der Waals surface area contributed by atoms with E-state index in [9.17, 15) is 13.6 Å². The van der Waals surface area contributed by atoms with Crippen LogP contribution in [0.15, 0.2) is 30.3 Å². The van der Waals surface area contributed by atoms with E-state index in [1.165, 1.54) is 0 Å². The summed E-state index contributed by atoms with van der Waals surface area (Å²) < 4.78 is 31.7. The molecule has 1 N–H and O–H groups in total. The Kier molecular flexibility index (Phi) is 5.55. The first-order chi connectivity index (χ1) is 10.9. The maximum absolute atomic E-state index is 13.2. The van der Waals surface area contributed by atoms with Gasteiger partial charge in [-0.15, -0.1) is 0 Å². The topological polar surface area (TPSA) is 38.3 Å². The van der Waals surface area contributed by atoms with Crippen molar-refractivity contribution in [3.63, 3.8) is 0 Å². The van der Waals surface area contributed by atoms with E-state index in [4.69, 9.17) is 16.3 Å². The fourth-order valence-electron chi connectivity index (χ4n) is 2.14. The van der Waals surface area contributed by atoms with Crippen LogP contribution in [0.4, 0.5) is 8.78 Å². The van der Waals surface area contributed by atoms with Crippen molar-refractivity contribution in [2.45, 2.75) is 13.8 Å². The van der Waals surface area contributed by atoms with Crippen molar-refractivity contribution in [3.05, 3.63) is 63.7 Å². The highest BCUT2D eigenvalue weighted by molar-refractivity contribution is 6.33. The molecule has 0 radical (unpaired) electrons. The summed E-state index contributed by atoms with van der Waals surface area (Å²) in [5.74, 6) is -2.09. The number of carbonyl (C=O) groups is 1. The van der Waals surface area contributed by atoms with Crippen molar-refractivity contribution < 1.29 is 18.3 Å². The van der Waals surface area contributed by atoms with Gasteiger partial charge in [0.1, 0.15) is 12.4 Å². The number of hydrogen-bond acceptors (Lipinski definition) is 2. The number of ether oxygens (including phenoxy) is 1. The van der Waals surface area contributed by atoms with Gasteiger partial charge in [0.05, 0.1) is 17.1 Å². The minimum absolute atomic E-state index is 0.114. The molecule has 0 saturated carbocycles. The molecule has 0 aliphatic rings. The summed E-state index contributed by atoms with van der Waals surface area (Å²) >= 11 is 5.74. The average molecular weight is 340 g/mol. The van der Waals surface area contributed by atoms with Crippen LogP contribution in [0, 0.1) is 25.5 Å². The zero-order valence-corrected chi connectivity index (χ0v) is 13.5. The molecule has 0 heterocycles. The van der Waals surface area contributed by atoms with Gasteiger partial charge in [0.2, 0.25) is 0 Å². The highest BCUT2D eigenvalue weighted by Crippen LogP contribution is 2.20. The zero-order chi connectivity index (χ0) is 17.0. The Hall–Kier alpha value is -2.14. The van der Waals surface area contributed by atoms with Gasteiger partial charge in [0.25, 0.3) is 5.91 Å². The third kappa shape index (κ3) is 4.66. The van der Waals surface area contributed by atoms with Crippen molar-refractivity contribution >= 4 is 17.5 Å². The molecule has 0 unspecified atom stereocenters. The van der Waals surface area contributed by atoms with Crippen molar-refractivity contribution in [1.29, 1.82) is 0 Å². The number of nitrogens with one attached hydrogen (secondary N) is 1. The Morgan fingerprint density at radius 2 is 1.70 bits per heavy atom. The number of rotatable bonds is 5. The van der Waals surface area contributed by atoms with E-state index in [1.807, 2.05) is 32.0 Å². The van der Waals surface area contributed by atoms with Gasteiger partial charge in [0.15, 0.2) is 11.6 Å². The standard InChI is InChI=1S/C17H16ClF2NO2/c1-10-5-11(2)7-12(6-10)23-4-3-21-17(22)13-8-15(19)16(20)9-14(13)18/h5-9H,3-4H2,1-2H3,(H,21,22).